The molecule has 2 aromatic rings. The highest BCUT2D eigenvalue weighted by Crippen LogP contribution is 2.14. The zero-order valence-corrected chi connectivity index (χ0v) is 10.5. The summed E-state index contributed by atoms with van der Waals surface area (Å²) in [7, 11) is 0. The lowest BCUT2D eigenvalue weighted by Gasteiger charge is -2.09. The number of hydrazine groups is 1. The topological polar surface area (TPSA) is 62.4 Å². The van der Waals surface area contributed by atoms with E-state index < -0.39 is 0 Å². The lowest BCUT2D eigenvalue weighted by atomic mass is 10.2. The van der Waals surface area contributed by atoms with Gasteiger partial charge in [-0.1, -0.05) is 24.3 Å². The molecular weight excluding hydrogens is 243 g/mol. The fourth-order valence-electron chi connectivity index (χ4n) is 1.54. The molecule has 0 saturated heterocycles. The van der Waals surface area contributed by atoms with E-state index in [2.05, 4.69) is 15.7 Å². The summed E-state index contributed by atoms with van der Waals surface area (Å²) in [6.07, 6.45) is 0. The average Bonchev–Trinajstić information content (AvgIpc) is 2.43. The molecule has 5 heteroatoms. The third-order valence-electron chi connectivity index (χ3n) is 2.57. The highest BCUT2D eigenvalue weighted by molar-refractivity contribution is 5.94. The Bertz CT molecular complexity index is 581. The average molecular weight is 258 g/mol. The summed E-state index contributed by atoms with van der Waals surface area (Å²) in [5.74, 6) is 5.46. The third kappa shape index (κ3) is 3.53. The van der Waals surface area contributed by atoms with Crippen molar-refractivity contribution in [3.05, 3.63) is 59.9 Å². The molecule has 2 rings (SSSR count). The van der Waals surface area contributed by atoms with E-state index in [4.69, 9.17) is 5.84 Å². The van der Waals surface area contributed by atoms with Crippen LogP contribution in [0, 0.1) is 12.7 Å². The van der Waals surface area contributed by atoms with E-state index in [-0.39, 0.29) is 5.82 Å². The van der Waals surface area contributed by atoms with E-state index in [1.807, 2.05) is 30.3 Å². The molecule has 0 saturated carbocycles. The Hall–Kier alpha value is -2.40. The Kier molecular flexibility index (Phi) is 4.10. The molecule has 19 heavy (non-hydrogen) atoms. The van der Waals surface area contributed by atoms with Gasteiger partial charge in [0.05, 0.1) is 5.69 Å². The second-order valence-electron chi connectivity index (χ2n) is 4.03. The van der Waals surface area contributed by atoms with Crippen molar-refractivity contribution in [1.82, 2.24) is 5.43 Å². The van der Waals surface area contributed by atoms with Crippen LogP contribution in [0.25, 0.3) is 0 Å². The van der Waals surface area contributed by atoms with Crippen molar-refractivity contribution in [2.75, 3.05) is 5.32 Å². The predicted molar refractivity (Wildman–Crippen MR) is 75.6 cm³/mol. The van der Waals surface area contributed by atoms with E-state index in [1.54, 1.807) is 19.1 Å². The van der Waals surface area contributed by atoms with Crippen LogP contribution in [0.2, 0.25) is 0 Å². The largest absolute Gasteiger partial charge is 0.325 e. The molecule has 0 aromatic heterocycles. The SMILES string of the molecule is Cc1ccc(NC(=Nc2ccccc2)NN)cc1F. The quantitative estimate of drug-likeness (QED) is 0.336. The normalized spacial score (nSPS) is 11.2. The smallest absolute Gasteiger partial charge is 0.215 e. The molecule has 2 aromatic carbocycles. The molecule has 0 heterocycles. The molecule has 0 fully saturated rings. The number of rotatable bonds is 2. The number of halogens is 1. The van der Waals surface area contributed by atoms with Gasteiger partial charge in [0, 0.05) is 5.69 Å². The summed E-state index contributed by atoms with van der Waals surface area (Å²) in [5.41, 5.74) is 4.37. The standard InChI is InChI=1S/C14H15FN4/c1-10-7-8-12(9-13(10)15)18-14(19-16)17-11-5-3-2-4-6-11/h2-9H,16H2,1H3,(H2,17,18,19). The van der Waals surface area contributed by atoms with E-state index in [0.29, 0.717) is 17.2 Å². The number of guanidine groups is 1. The maximum atomic E-state index is 13.4. The number of aryl methyl sites for hydroxylation is 1. The summed E-state index contributed by atoms with van der Waals surface area (Å²) < 4.78 is 13.4. The Balaban J connectivity index is 2.19. The fourth-order valence-corrected chi connectivity index (χ4v) is 1.54. The number of para-hydroxylation sites is 1. The van der Waals surface area contributed by atoms with Gasteiger partial charge in [-0.15, -0.1) is 0 Å². The van der Waals surface area contributed by atoms with Crippen molar-refractivity contribution >= 4 is 17.3 Å². The summed E-state index contributed by atoms with van der Waals surface area (Å²) in [4.78, 5) is 4.27. The summed E-state index contributed by atoms with van der Waals surface area (Å²) >= 11 is 0. The number of nitrogens with one attached hydrogen (secondary N) is 2. The first-order valence-corrected chi connectivity index (χ1v) is 5.82. The molecule has 0 bridgehead atoms. The van der Waals surface area contributed by atoms with Crippen LogP contribution in [0.3, 0.4) is 0 Å². The molecule has 0 spiro atoms. The van der Waals surface area contributed by atoms with Crippen LogP contribution in [-0.4, -0.2) is 5.96 Å². The van der Waals surface area contributed by atoms with Crippen LogP contribution in [0.4, 0.5) is 15.8 Å². The van der Waals surface area contributed by atoms with Gasteiger partial charge in [-0.05, 0) is 36.8 Å². The summed E-state index contributed by atoms with van der Waals surface area (Å²) in [6, 6.07) is 14.2. The van der Waals surface area contributed by atoms with E-state index in [0.717, 1.165) is 5.69 Å². The maximum absolute atomic E-state index is 13.4. The number of aliphatic imine (C=N–C) groups is 1. The molecule has 0 unspecified atom stereocenters. The highest BCUT2D eigenvalue weighted by Gasteiger charge is 2.02. The number of benzene rings is 2. The van der Waals surface area contributed by atoms with Gasteiger partial charge in [-0.2, -0.15) is 0 Å². The van der Waals surface area contributed by atoms with Crippen LogP contribution in [0.5, 0.6) is 0 Å². The van der Waals surface area contributed by atoms with Gasteiger partial charge in [-0.3, -0.25) is 5.43 Å². The molecule has 0 aliphatic carbocycles. The summed E-state index contributed by atoms with van der Waals surface area (Å²) in [5, 5.41) is 2.92. The number of hydrogen-bond acceptors (Lipinski definition) is 2. The summed E-state index contributed by atoms with van der Waals surface area (Å²) in [6.45, 7) is 1.71. The Morgan fingerprint density at radius 2 is 1.89 bits per heavy atom. The van der Waals surface area contributed by atoms with Crippen LogP contribution >= 0.6 is 0 Å². The molecule has 0 aliphatic heterocycles. The molecule has 0 aliphatic rings. The monoisotopic (exact) mass is 258 g/mol. The Morgan fingerprint density at radius 1 is 1.16 bits per heavy atom. The number of nitrogens with zero attached hydrogens (tertiary/aromatic N) is 1. The zero-order chi connectivity index (χ0) is 13.7. The van der Waals surface area contributed by atoms with Gasteiger partial charge < -0.3 is 5.32 Å². The van der Waals surface area contributed by atoms with Crippen molar-refractivity contribution < 1.29 is 4.39 Å². The minimum Gasteiger partial charge on any atom is -0.325 e. The fraction of sp³-hybridized carbons (Fsp3) is 0.0714. The minimum atomic E-state index is -0.277. The Morgan fingerprint density at radius 3 is 2.53 bits per heavy atom. The molecular formula is C14H15FN4. The predicted octanol–water partition coefficient (Wildman–Crippen LogP) is 2.70. The van der Waals surface area contributed by atoms with Crippen molar-refractivity contribution in [2.24, 2.45) is 10.8 Å². The molecule has 98 valence electrons. The van der Waals surface area contributed by atoms with Crippen molar-refractivity contribution in [3.8, 4) is 0 Å². The van der Waals surface area contributed by atoms with Crippen molar-refractivity contribution in [2.45, 2.75) is 6.92 Å². The van der Waals surface area contributed by atoms with Crippen LogP contribution < -0.4 is 16.6 Å². The zero-order valence-electron chi connectivity index (χ0n) is 10.5. The van der Waals surface area contributed by atoms with Gasteiger partial charge in [0.2, 0.25) is 5.96 Å². The Labute approximate surface area is 111 Å². The molecule has 4 nitrogen and oxygen atoms in total. The second kappa shape index (κ2) is 5.97. The lowest BCUT2D eigenvalue weighted by molar-refractivity contribution is 0.619. The second-order valence-corrected chi connectivity index (χ2v) is 4.03. The van der Waals surface area contributed by atoms with Crippen LogP contribution in [0.15, 0.2) is 53.5 Å². The maximum Gasteiger partial charge on any atom is 0.215 e. The first-order chi connectivity index (χ1) is 9.19. The van der Waals surface area contributed by atoms with Gasteiger partial charge in [0.1, 0.15) is 5.82 Å². The molecule has 4 N–H and O–H groups in total. The molecule has 0 amide bonds. The van der Waals surface area contributed by atoms with Crippen LogP contribution in [0.1, 0.15) is 5.56 Å². The first-order valence-electron chi connectivity index (χ1n) is 5.82. The third-order valence-corrected chi connectivity index (χ3v) is 2.57. The van der Waals surface area contributed by atoms with Crippen molar-refractivity contribution in [3.63, 3.8) is 0 Å². The number of hydrogen-bond donors (Lipinski definition) is 3. The molecule has 0 atom stereocenters. The van der Waals surface area contributed by atoms with Gasteiger partial charge in [0.15, 0.2) is 0 Å². The van der Waals surface area contributed by atoms with E-state index in [9.17, 15) is 4.39 Å². The van der Waals surface area contributed by atoms with E-state index >= 15 is 0 Å². The van der Waals surface area contributed by atoms with Gasteiger partial charge in [0.25, 0.3) is 0 Å². The lowest BCUT2D eigenvalue weighted by Crippen LogP contribution is -2.36. The van der Waals surface area contributed by atoms with Gasteiger partial charge >= 0.3 is 0 Å². The minimum absolute atomic E-state index is 0.277. The number of nitrogens with two attached hydrogens (primary N) is 1. The van der Waals surface area contributed by atoms with E-state index in [1.165, 1.54) is 6.07 Å². The van der Waals surface area contributed by atoms with Crippen molar-refractivity contribution in [1.29, 1.82) is 0 Å². The van der Waals surface area contributed by atoms with Gasteiger partial charge in [-0.25, -0.2) is 15.2 Å². The number of anilines is 1. The molecule has 0 radical (unpaired) electrons. The highest BCUT2D eigenvalue weighted by atomic mass is 19.1. The van der Waals surface area contributed by atoms with Crippen LogP contribution in [-0.2, 0) is 0 Å². The first kappa shape index (κ1) is 13.0.